The van der Waals surface area contributed by atoms with E-state index in [-0.39, 0.29) is 0 Å². The molecule has 2 aromatic rings. The van der Waals surface area contributed by atoms with Gasteiger partial charge in [0.2, 0.25) is 0 Å². The Kier molecular flexibility index (Phi) is 3.49. The van der Waals surface area contributed by atoms with E-state index in [2.05, 4.69) is 6.07 Å². The number of methoxy groups -OCH3 is 1. The maximum atomic E-state index is 9.09. The largest absolute Gasteiger partial charge is 0.493 e. The van der Waals surface area contributed by atoms with E-state index in [0.717, 1.165) is 5.56 Å². The molecule has 0 aromatic heterocycles. The molecule has 2 rings (SSSR count). The van der Waals surface area contributed by atoms with Crippen LogP contribution in [0.5, 0.6) is 17.2 Å². The van der Waals surface area contributed by atoms with Gasteiger partial charge in [-0.3, -0.25) is 0 Å². The Bertz CT molecular complexity index is 600. The van der Waals surface area contributed by atoms with Crippen molar-refractivity contribution in [3.05, 3.63) is 53.6 Å². The van der Waals surface area contributed by atoms with Gasteiger partial charge in [0, 0.05) is 0 Å². The van der Waals surface area contributed by atoms with Gasteiger partial charge in [-0.05, 0) is 36.8 Å². The third kappa shape index (κ3) is 2.44. The lowest BCUT2D eigenvalue weighted by Gasteiger charge is -2.11. The molecule has 0 saturated carbocycles. The molecule has 3 nitrogen and oxygen atoms in total. The molecule has 0 amide bonds. The minimum atomic E-state index is 0.515. The van der Waals surface area contributed by atoms with Crippen molar-refractivity contribution in [2.24, 2.45) is 0 Å². The number of benzene rings is 2. The number of nitriles is 1. The Morgan fingerprint density at radius 3 is 2.39 bits per heavy atom. The topological polar surface area (TPSA) is 42.2 Å². The molecule has 0 unspecified atom stereocenters. The van der Waals surface area contributed by atoms with Crippen LogP contribution in [0.4, 0.5) is 0 Å². The third-order valence-electron chi connectivity index (χ3n) is 2.54. The zero-order valence-corrected chi connectivity index (χ0v) is 10.3. The minimum Gasteiger partial charge on any atom is -0.493 e. The first-order valence-corrected chi connectivity index (χ1v) is 5.56. The molecule has 90 valence electrons. The standard InChI is InChI=1S/C15H13NO2/c1-11-7-8-13(12(9-11)10-16)18-15-6-4-3-5-14(15)17-2/h3-9H,1-2H3. The summed E-state index contributed by atoms with van der Waals surface area (Å²) in [5.41, 5.74) is 1.54. The highest BCUT2D eigenvalue weighted by molar-refractivity contribution is 5.49. The number of hydrogen-bond acceptors (Lipinski definition) is 3. The normalized spacial score (nSPS) is 9.61. The molecule has 0 atom stereocenters. The molecular formula is C15H13NO2. The monoisotopic (exact) mass is 239 g/mol. The highest BCUT2D eigenvalue weighted by atomic mass is 16.5. The molecular weight excluding hydrogens is 226 g/mol. The van der Waals surface area contributed by atoms with E-state index in [0.29, 0.717) is 22.8 Å². The Hall–Kier alpha value is -2.47. The third-order valence-corrected chi connectivity index (χ3v) is 2.54. The molecule has 0 aliphatic rings. The van der Waals surface area contributed by atoms with Gasteiger partial charge in [-0.25, -0.2) is 0 Å². The number of ether oxygens (including phenoxy) is 2. The lowest BCUT2D eigenvalue weighted by atomic mass is 10.1. The van der Waals surface area contributed by atoms with Crippen molar-refractivity contribution in [3.8, 4) is 23.3 Å². The number of aryl methyl sites for hydroxylation is 1. The Morgan fingerprint density at radius 2 is 1.72 bits per heavy atom. The van der Waals surface area contributed by atoms with E-state index in [4.69, 9.17) is 14.7 Å². The minimum absolute atomic E-state index is 0.515. The van der Waals surface area contributed by atoms with Gasteiger partial charge in [0.15, 0.2) is 11.5 Å². The fraction of sp³-hybridized carbons (Fsp3) is 0.133. The highest BCUT2D eigenvalue weighted by Gasteiger charge is 2.08. The van der Waals surface area contributed by atoms with E-state index in [1.54, 1.807) is 25.3 Å². The summed E-state index contributed by atoms with van der Waals surface area (Å²) in [5, 5.41) is 9.09. The van der Waals surface area contributed by atoms with Crippen LogP contribution < -0.4 is 9.47 Å². The second kappa shape index (κ2) is 5.24. The highest BCUT2D eigenvalue weighted by Crippen LogP contribution is 2.32. The van der Waals surface area contributed by atoms with Crippen molar-refractivity contribution in [1.29, 1.82) is 5.26 Å². The smallest absolute Gasteiger partial charge is 0.169 e. The Morgan fingerprint density at radius 1 is 1.00 bits per heavy atom. The molecule has 0 fully saturated rings. The van der Waals surface area contributed by atoms with Crippen molar-refractivity contribution in [3.63, 3.8) is 0 Å². The molecule has 0 radical (unpaired) electrons. The number of hydrogen-bond donors (Lipinski definition) is 0. The van der Waals surface area contributed by atoms with Crippen LogP contribution in [0.15, 0.2) is 42.5 Å². The van der Waals surface area contributed by atoms with Crippen LogP contribution in [0.3, 0.4) is 0 Å². The first-order chi connectivity index (χ1) is 8.74. The first kappa shape index (κ1) is 12.0. The summed E-state index contributed by atoms with van der Waals surface area (Å²) in [4.78, 5) is 0. The molecule has 0 spiro atoms. The molecule has 2 aromatic carbocycles. The van der Waals surface area contributed by atoms with Gasteiger partial charge in [-0.15, -0.1) is 0 Å². The van der Waals surface area contributed by atoms with E-state index in [9.17, 15) is 0 Å². The van der Waals surface area contributed by atoms with Crippen LogP contribution in [-0.4, -0.2) is 7.11 Å². The summed E-state index contributed by atoms with van der Waals surface area (Å²) in [5.74, 6) is 1.77. The van der Waals surface area contributed by atoms with Crippen LogP contribution in [-0.2, 0) is 0 Å². The molecule has 0 heterocycles. The van der Waals surface area contributed by atoms with Gasteiger partial charge in [0.25, 0.3) is 0 Å². The lowest BCUT2D eigenvalue weighted by Crippen LogP contribution is -1.92. The van der Waals surface area contributed by atoms with E-state index in [1.165, 1.54) is 0 Å². The summed E-state index contributed by atoms with van der Waals surface area (Å²) >= 11 is 0. The fourth-order valence-corrected chi connectivity index (χ4v) is 1.64. The molecule has 0 bridgehead atoms. The molecule has 0 N–H and O–H groups in total. The van der Waals surface area contributed by atoms with Crippen molar-refractivity contribution in [2.75, 3.05) is 7.11 Å². The average molecular weight is 239 g/mol. The van der Waals surface area contributed by atoms with Gasteiger partial charge < -0.3 is 9.47 Å². The van der Waals surface area contributed by atoms with E-state index in [1.807, 2.05) is 31.2 Å². The van der Waals surface area contributed by atoms with Crippen LogP contribution in [0.1, 0.15) is 11.1 Å². The van der Waals surface area contributed by atoms with Crippen LogP contribution in [0, 0.1) is 18.3 Å². The summed E-state index contributed by atoms with van der Waals surface area (Å²) in [6, 6.07) is 15.0. The predicted octanol–water partition coefficient (Wildman–Crippen LogP) is 3.67. The van der Waals surface area contributed by atoms with Crippen molar-refractivity contribution in [1.82, 2.24) is 0 Å². The zero-order chi connectivity index (χ0) is 13.0. The van der Waals surface area contributed by atoms with Crippen molar-refractivity contribution >= 4 is 0 Å². The maximum absolute atomic E-state index is 9.09. The maximum Gasteiger partial charge on any atom is 0.169 e. The SMILES string of the molecule is COc1ccccc1Oc1ccc(C)cc1C#N. The Labute approximate surface area is 106 Å². The number of rotatable bonds is 3. The fourth-order valence-electron chi connectivity index (χ4n) is 1.64. The van der Waals surface area contributed by atoms with Crippen LogP contribution in [0.25, 0.3) is 0 Å². The molecule has 0 aliphatic carbocycles. The summed E-state index contributed by atoms with van der Waals surface area (Å²) < 4.78 is 10.9. The molecule has 3 heteroatoms. The Balaban J connectivity index is 2.37. The molecule has 0 saturated heterocycles. The summed E-state index contributed by atoms with van der Waals surface area (Å²) in [6.07, 6.45) is 0. The van der Waals surface area contributed by atoms with Crippen LogP contribution in [0.2, 0.25) is 0 Å². The van der Waals surface area contributed by atoms with Crippen molar-refractivity contribution < 1.29 is 9.47 Å². The van der Waals surface area contributed by atoms with Gasteiger partial charge in [-0.2, -0.15) is 5.26 Å². The molecule has 0 aliphatic heterocycles. The average Bonchev–Trinajstić information content (AvgIpc) is 2.41. The lowest BCUT2D eigenvalue weighted by molar-refractivity contribution is 0.378. The number of nitrogens with zero attached hydrogens (tertiary/aromatic N) is 1. The van der Waals surface area contributed by atoms with Gasteiger partial charge in [0.1, 0.15) is 11.8 Å². The van der Waals surface area contributed by atoms with E-state index < -0.39 is 0 Å². The molecule has 18 heavy (non-hydrogen) atoms. The van der Waals surface area contributed by atoms with Gasteiger partial charge in [-0.1, -0.05) is 18.2 Å². The van der Waals surface area contributed by atoms with Crippen molar-refractivity contribution in [2.45, 2.75) is 6.92 Å². The number of para-hydroxylation sites is 2. The van der Waals surface area contributed by atoms with E-state index >= 15 is 0 Å². The summed E-state index contributed by atoms with van der Waals surface area (Å²) in [7, 11) is 1.59. The van der Waals surface area contributed by atoms with Gasteiger partial charge >= 0.3 is 0 Å². The van der Waals surface area contributed by atoms with Crippen LogP contribution >= 0.6 is 0 Å². The second-order valence-electron chi connectivity index (χ2n) is 3.86. The van der Waals surface area contributed by atoms with Gasteiger partial charge in [0.05, 0.1) is 12.7 Å². The quantitative estimate of drug-likeness (QED) is 0.820. The second-order valence-corrected chi connectivity index (χ2v) is 3.86. The summed E-state index contributed by atoms with van der Waals surface area (Å²) in [6.45, 7) is 1.94. The zero-order valence-electron chi connectivity index (χ0n) is 10.3. The first-order valence-electron chi connectivity index (χ1n) is 5.56. The predicted molar refractivity (Wildman–Crippen MR) is 69.0 cm³/mol.